The van der Waals surface area contributed by atoms with Gasteiger partial charge < -0.3 is 10.6 Å². The fraction of sp³-hybridized carbons (Fsp3) is 0.206. The fourth-order valence-corrected chi connectivity index (χ4v) is 6.28. The Hall–Kier alpha value is -4.60. The molecule has 0 saturated heterocycles. The van der Waals surface area contributed by atoms with Gasteiger partial charge in [-0.15, -0.1) is 0 Å². The molecule has 2 N–H and O–H groups in total. The van der Waals surface area contributed by atoms with Crippen LogP contribution in [-0.2, 0) is 10.0 Å². The van der Waals surface area contributed by atoms with E-state index in [4.69, 9.17) is 0 Å². The van der Waals surface area contributed by atoms with Gasteiger partial charge in [-0.2, -0.15) is 4.31 Å². The van der Waals surface area contributed by atoms with E-state index in [-0.39, 0.29) is 27.5 Å². The number of hydrogen-bond acceptors (Lipinski definition) is 5. The van der Waals surface area contributed by atoms with E-state index in [2.05, 4.69) is 10.6 Å². The summed E-state index contributed by atoms with van der Waals surface area (Å²) in [5, 5.41) is 5.59. The third-order valence-electron chi connectivity index (χ3n) is 6.82. The molecule has 0 bridgehead atoms. The highest BCUT2D eigenvalue weighted by molar-refractivity contribution is 7.89. The van der Waals surface area contributed by atoms with Crippen LogP contribution in [0, 0.1) is 6.92 Å². The summed E-state index contributed by atoms with van der Waals surface area (Å²) >= 11 is 0. The van der Waals surface area contributed by atoms with E-state index in [9.17, 15) is 22.8 Å². The number of rotatable bonds is 12. The predicted molar refractivity (Wildman–Crippen MR) is 169 cm³/mol. The lowest BCUT2D eigenvalue weighted by molar-refractivity contribution is 0.102. The van der Waals surface area contributed by atoms with Gasteiger partial charge in [0.05, 0.1) is 21.8 Å². The number of carbonyl (C=O) groups excluding carboxylic acids is 3. The van der Waals surface area contributed by atoms with Crippen molar-refractivity contribution in [3.05, 3.63) is 125 Å². The maximum Gasteiger partial charge on any atom is 0.257 e. The summed E-state index contributed by atoms with van der Waals surface area (Å²) in [4.78, 5) is 39.9. The number of hydrogen-bond donors (Lipinski definition) is 2. The monoisotopic (exact) mass is 597 g/mol. The van der Waals surface area contributed by atoms with Gasteiger partial charge in [-0.25, -0.2) is 8.42 Å². The molecule has 0 heterocycles. The van der Waals surface area contributed by atoms with Crippen molar-refractivity contribution < 1.29 is 22.8 Å². The summed E-state index contributed by atoms with van der Waals surface area (Å²) in [6, 6.07) is 26.3. The van der Waals surface area contributed by atoms with Crippen LogP contribution < -0.4 is 10.6 Å². The molecular weight excluding hydrogens is 562 g/mol. The molecule has 2 amide bonds. The van der Waals surface area contributed by atoms with Crippen molar-refractivity contribution in [1.29, 1.82) is 0 Å². The second-order valence-corrected chi connectivity index (χ2v) is 12.1. The quantitative estimate of drug-likeness (QED) is 0.180. The standard InChI is InChI=1S/C34H35N3O5S/c1-4-21-37(22-5-2)43(41,42)27-18-16-26(17-19-27)33(39)35-30-14-10-9-13-28(30)34(40)36-31-20-15-24(3)23-29(31)32(38)25-11-7-6-8-12-25/h6-20,23H,4-5,21-22H2,1-3H3,(H,35,39)(H,36,40). The minimum atomic E-state index is -3.68. The Morgan fingerprint density at radius 2 is 1.23 bits per heavy atom. The molecule has 0 aliphatic rings. The predicted octanol–water partition coefficient (Wildman–Crippen LogP) is 6.54. The first-order valence-electron chi connectivity index (χ1n) is 14.2. The van der Waals surface area contributed by atoms with E-state index >= 15 is 0 Å². The van der Waals surface area contributed by atoms with E-state index in [1.54, 1.807) is 66.7 Å². The van der Waals surface area contributed by atoms with E-state index in [0.29, 0.717) is 42.7 Å². The number of nitrogens with zero attached hydrogens (tertiary/aromatic N) is 1. The molecule has 0 saturated carbocycles. The summed E-state index contributed by atoms with van der Waals surface area (Å²) in [6.07, 6.45) is 1.39. The second kappa shape index (κ2) is 14.0. The lowest BCUT2D eigenvalue weighted by Gasteiger charge is -2.21. The highest BCUT2D eigenvalue weighted by Crippen LogP contribution is 2.24. The van der Waals surface area contributed by atoms with Crippen LogP contribution in [-0.4, -0.2) is 43.4 Å². The normalized spacial score (nSPS) is 11.3. The largest absolute Gasteiger partial charge is 0.321 e. The van der Waals surface area contributed by atoms with Gasteiger partial charge in [-0.05, 0) is 68.3 Å². The van der Waals surface area contributed by atoms with Gasteiger partial charge in [0.25, 0.3) is 11.8 Å². The lowest BCUT2D eigenvalue weighted by Crippen LogP contribution is -2.32. The summed E-state index contributed by atoms with van der Waals surface area (Å²) in [6.45, 7) is 6.55. The average Bonchev–Trinajstić information content (AvgIpc) is 3.02. The molecule has 0 unspecified atom stereocenters. The van der Waals surface area contributed by atoms with Gasteiger partial charge in [0.1, 0.15) is 0 Å². The van der Waals surface area contributed by atoms with Gasteiger partial charge in [-0.3, -0.25) is 14.4 Å². The zero-order chi connectivity index (χ0) is 31.0. The number of sulfonamides is 1. The van der Waals surface area contributed by atoms with Crippen molar-refractivity contribution in [3.8, 4) is 0 Å². The van der Waals surface area contributed by atoms with Crippen LogP contribution in [0.1, 0.15) is 68.9 Å². The molecule has 4 aromatic rings. The number of amides is 2. The Morgan fingerprint density at radius 3 is 1.88 bits per heavy atom. The molecule has 43 heavy (non-hydrogen) atoms. The molecule has 0 spiro atoms. The maximum atomic E-state index is 13.4. The lowest BCUT2D eigenvalue weighted by atomic mass is 9.99. The van der Waals surface area contributed by atoms with Gasteiger partial charge in [0, 0.05) is 29.8 Å². The zero-order valence-electron chi connectivity index (χ0n) is 24.5. The van der Waals surface area contributed by atoms with Gasteiger partial charge in [0.2, 0.25) is 10.0 Å². The van der Waals surface area contributed by atoms with E-state index in [1.807, 2.05) is 26.8 Å². The third kappa shape index (κ3) is 7.43. The molecule has 0 radical (unpaired) electrons. The number of para-hydroxylation sites is 1. The second-order valence-electron chi connectivity index (χ2n) is 10.1. The van der Waals surface area contributed by atoms with Crippen molar-refractivity contribution in [2.24, 2.45) is 0 Å². The minimum absolute atomic E-state index is 0.115. The van der Waals surface area contributed by atoms with Crippen molar-refractivity contribution in [2.45, 2.75) is 38.5 Å². The molecule has 0 aromatic heterocycles. The van der Waals surface area contributed by atoms with Gasteiger partial charge in [-0.1, -0.05) is 67.9 Å². The fourth-order valence-electron chi connectivity index (χ4n) is 4.65. The molecule has 9 heteroatoms. The first kappa shape index (κ1) is 31.3. The van der Waals surface area contributed by atoms with Crippen molar-refractivity contribution in [2.75, 3.05) is 23.7 Å². The molecular formula is C34H35N3O5S. The van der Waals surface area contributed by atoms with Crippen molar-refractivity contribution in [3.63, 3.8) is 0 Å². The van der Waals surface area contributed by atoms with Crippen LogP contribution in [0.25, 0.3) is 0 Å². The van der Waals surface area contributed by atoms with Crippen LogP contribution in [0.2, 0.25) is 0 Å². The van der Waals surface area contributed by atoms with Gasteiger partial charge >= 0.3 is 0 Å². The van der Waals surface area contributed by atoms with Crippen LogP contribution in [0.15, 0.2) is 102 Å². The molecule has 0 aliphatic heterocycles. The number of anilines is 2. The highest BCUT2D eigenvalue weighted by Gasteiger charge is 2.24. The Balaban J connectivity index is 1.54. The van der Waals surface area contributed by atoms with Crippen LogP contribution in [0.5, 0.6) is 0 Å². The summed E-state index contributed by atoms with van der Waals surface area (Å²) in [7, 11) is -3.68. The Labute approximate surface area is 252 Å². The number of nitrogens with one attached hydrogen (secondary N) is 2. The molecule has 0 atom stereocenters. The van der Waals surface area contributed by atoms with Crippen molar-refractivity contribution >= 4 is 39.0 Å². The molecule has 0 aliphatic carbocycles. The molecule has 4 rings (SSSR count). The van der Waals surface area contributed by atoms with Crippen LogP contribution in [0.4, 0.5) is 11.4 Å². The van der Waals surface area contributed by atoms with Crippen LogP contribution in [0.3, 0.4) is 0 Å². The summed E-state index contributed by atoms with van der Waals surface area (Å²) < 4.78 is 27.6. The first-order valence-corrected chi connectivity index (χ1v) is 15.6. The maximum absolute atomic E-state index is 13.4. The smallest absolute Gasteiger partial charge is 0.257 e. The van der Waals surface area contributed by atoms with E-state index in [0.717, 1.165) is 5.56 Å². The molecule has 8 nitrogen and oxygen atoms in total. The Kier molecular flexibility index (Phi) is 10.2. The molecule has 4 aromatic carbocycles. The highest BCUT2D eigenvalue weighted by atomic mass is 32.2. The summed E-state index contributed by atoms with van der Waals surface area (Å²) in [5.74, 6) is -1.23. The SMILES string of the molecule is CCCN(CCC)S(=O)(=O)c1ccc(C(=O)Nc2ccccc2C(=O)Nc2ccc(C)cc2C(=O)c2ccccc2)cc1. The van der Waals surface area contributed by atoms with E-state index in [1.165, 1.54) is 28.6 Å². The topological polar surface area (TPSA) is 113 Å². The molecule has 222 valence electrons. The Bertz CT molecular complexity index is 1710. The Morgan fingerprint density at radius 1 is 0.651 bits per heavy atom. The molecule has 0 fully saturated rings. The van der Waals surface area contributed by atoms with Gasteiger partial charge in [0.15, 0.2) is 5.78 Å². The average molecular weight is 598 g/mol. The first-order chi connectivity index (χ1) is 20.6. The number of aryl methyl sites for hydroxylation is 1. The van der Waals surface area contributed by atoms with Crippen molar-refractivity contribution in [1.82, 2.24) is 4.31 Å². The van der Waals surface area contributed by atoms with Crippen LogP contribution >= 0.6 is 0 Å². The summed E-state index contributed by atoms with van der Waals surface area (Å²) in [5.41, 5.74) is 2.77. The number of ketones is 1. The zero-order valence-corrected chi connectivity index (χ0v) is 25.3. The number of carbonyl (C=O) groups is 3. The third-order valence-corrected chi connectivity index (χ3v) is 8.74. The van der Waals surface area contributed by atoms with E-state index < -0.39 is 21.8 Å². The number of benzene rings is 4. The minimum Gasteiger partial charge on any atom is -0.321 e.